The van der Waals surface area contributed by atoms with Crippen molar-refractivity contribution in [3.05, 3.63) is 36.2 Å². The van der Waals surface area contributed by atoms with Crippen LogP contribution < -0.4 is 10.6 Å². The molecular formula is C10H12N4S. The molecule has 0 fully saturated rings. The summed E-state index contributed by atoms with van der Waals surface area (Å²) in [5, 5.41) is 0.901. The van der Waals surface area contributed by atoms with Gasteiger partial charge in [0.15, 0.2) is 0 Å². The van der Waals surface area contributed by atoms with E-state index in [1.54, 1.807) is 6.33 Å². The zero-order valence-corrected chi connectivity index (χ0v) is 9.24. The van der Waals surface area contributed by atoms with Gasteiger partial charge in [-0.25, -0.2) is 4.98 Å². The second-order valence-corrected chi connectivity index (χ2v) is 4.04. The summed E-state index contributed by atoms with van der Waals surface area (Å²) >= 11 is 1.38. The Morgan fingerprint density at radius 1 is 1.40 bits per heavy atom. The van der Waals surface area contributed by atoms with E-state index >= 15 is 0 Å². The van der Waals surface area contributed by atoms with E-state index in [2.05, 4.69) is 9.36 Å². The quantitative estimate of drug-likeness (QED) is 0.801. The van der Waals surface area contributed by atoms with Gasteiger partial charge in [-0.1, -0.05) is 18.2 Å². The first kappa shape index (κ1) is 9.92. The monoisotopic (exact) mass is 220 g/mol. The van der Waals surface area contributed by atoms with Crippen LogP contribution in [0.1, 0.15) is 5.56 Å². The Balaban J connectivity index is 2.13. The minimum Gasteiger partial charge on any atom is -0.398 e. The summed E-state index contributed by atoms with van der Waals surface area (Å²) in [5.41, 5.74) is 7.78. The van der Waals surface area contributed by atoms with Crippen LogP contribution in [0.4, 0.5) is 10.8 Å². The zero-order chi connectivity index (χ0) is 10.7. The molecule has 0 bridgehead atoms. The van der Waals surface area contributed by atoms with E-state index in [-0.39, 0.29) is 0 Å². The molecule has 0 radical (unpaired) electrons. The minimum absolute atomic E-state index is 0.752. The maximum absolute atomic E-state index is 5.86. The topological polar surface area (TPSA) is 55.0 Å². The Hall–Kier alpha value is -1.62. The molecule has 0 aliphatic heterocycles. The zero-order valence-electron chi connectivity index (χ0n) is 8.42. The van der Waals surface area contributed by atoms with E-state index in [1.165, 1.54) is 11.5 Å². The Morgan fingerprint density at radius 3 is 2.87 bits per heavy atom. The number of anilines is 2. The Kier molecular flexibility index (Phi) is 2.82. The first-order chi connectivity index (χ1) is 7.27. The molecule has 0 atom stereocenters. The van der Waals surface area contributed by atoms with Crippen molar-refractivity contribution >= 4 is 22.4 Å². The van der Waals surface area contributed by atoms with Gasteiger partial charge in [-0.2, -0.15) is 4.37 Å². The third kappa shape index (κ3) is 2.24. The lowest BCUT2D eigenvalue weighted by Crippen LogP contribution is -2.16. The molecule has 1 aromatic carbocycles. The van der Waals surface area contributed by atoms with Gasteiger partial charge in [-0.15, -0.1) is 0 Å². The molecule has 0 amide bonds. The summed E-state index contributed by atoms with van der Waals surface area (Å²) < 4.78 is 3.96. The molecule has 2 N–H and O–H groups in total. The van der Waals surface area contributed by atoms with Crippen LogP contribution in [0.15, 0.2) is 30.6 Å². The van der Waals surface area contributed by atoms with Crippen LogP contribution in [-0.2, 0) is 6.54 Å². The smallest absolute Gasteiger partial charge is 0.204 e. The first-order valence-electron chi connectivity index (χ1n) is 4.58. The van der Waals surface area contributed by atoms with Crippen molar-refractivity contribution in [1.29, 1.82) is 0 Å². The van der Waals surface area contributed by atoms with Gasteiger partial charge in [0.1, 0.15) is 6.33 Å². The second-order valence-electron chi connectivity index (χ2n) is 3.28. The van der Waals surface area contributed by atoms with E-state index in [0.29, 0.717) is 0 Å². The third-order valence-electron chi connectivity index (χ3n) is 2.14. The predicted octanol–water partition coefficient (Wildman–Crippen LogP) is 1.76. The normalized spacial score (nSPS) is 10.2. The van der Waals surface area contributed by atoms with Gasteiger partial charge in [-0.05, 0) is 11.6 Å². The van der Waals surface area contributed by atoms with E-state index in [0.717, 1.165) is 22.9 Å². The molecule has 0 spiro atoms. The average molecular weight is 220 g/mol. The molecule has 0 saturated heterocycles. The highest BCUT2D eigenvalue weighted by atomic mass is 32.1. The fourth-order valence-electron chi connectivity index (χ4n) is 1.34. The highest BCUT2D eigenvalue weighted by molar-refractivity contribution is 7.09. The molecule has 1 aromatic heterocycles. The van der Waals surface area contributed by atoms with Crippen molar-refractivity contribution < 1.29 is 0 Å². The van der Waals surface area contributed by atoms with Crippen LogP contribution in [0.25, 0.3) is 0 Å². The van der Waals surface area contributed by atoms with Crippen LogP contribution in [0.3, 0.4) is 0 Å². The van der Waals surface area contributed by atoms with Gasteiger partial charge in [0.25, 0.3) is 0 Å². The molecular weight excluding hydrogens is 208 g/mol. The van der Waals surface area contributed by atoms with Gasteiger partial charge in [0.2, 0.25) is 5.13 Å². The number of benzene rings is 1. The molecule has 0 aliphatic carbocycles. The largest absolute Gasteiger partial charge is 0.398 e. The minimum atomic E-state index is 0.752. The summed E-state index contributed by atoms with van der Waals surface area (Å²) in [4.78, 5) is 6.17. The Bertz CT molecular complexity index is 427. The lowest BCUT2D eigenvalue weighted by molar-refractivity contribution is 0.916. The summed E-state index contributed by atoms with van der Waals surface area (Å²) in [6.45, 7) is 0.752. The summed E-state index contributed by atoms with van der Waals surface area (Å²) in [6.07, 6.45) is 1.56. The maximum Gasteiger partial charge on any atom is 0.204 e. The van der Waals surface area contributed by atoms with E-state index in [4.69, 9.17) is 5.73 Å². The third-order valence-corrected chi connectivity index (χ3v) is 2.92. The van der Waals surface area contributed by atoms with Crippen LogP contribution in [0.2, 0.25) is 0 Å². The van der Waals surface area contributed by atoms with Crippen molar-refractivity contribution in [3.63, 3.8) is 0 Å². The Labute approximate surface area is 92.5 Å². The molecule has 5 heteroatoms. The highest BCUT2D eigenvalue weighted by Gasteiger charge is 2.06. The second kappa shape index (κ2) is 4.27. The molecule has 15 heavy (non-hydrogen) atoms. The van der Waals surface area contributed by atoms with Crippen LogP contribution in [0, 0.1) is 0 Å². The molecule has 1 heterocycles. The molecule has 0 aliphatic rings. The number of nitrogens with two attached hydrogens (primary N) is 1. The number of hydrogen-bond acceptors (Lipinski definition) is 5. The molecule has 2 rings (SSSR count). The van der Waals surface area contributed by atoms with Gasteiger partial charge >= 0.3 is 0 Å². The van der Waals surface area contributed by atoms with Gasteiger partial charge < -0.3 is 10.6 Å². The molecule has 78 valence electrons. The lowest BCUT2D eigenvalue weighted by Gasteiger charge is -2.16. The highest BCUT2D eigenvalue weighted by Crippen LogP contribution is 2.18. The van der Waals surface area contributed by atoms with E-state index in [1.807, 2.05) is 36.2 Å². The number of aromatic nitrogens is 2. The van der Waals surface area contributed by atoms with Crippen molar-refractivity contribution in [2.45, 2.75) is 6.54 Å². The fraction of sp³-hybridized carbons (Fsp3) is 0.200. The van der Waals surface area contributed by atoms with Crippen LogP contribution >= 0.6 is 11.5 Å². The number of nitrogens with zero attached hydrogens (tertiary/aromatic N) is 3. The van der Waals surface area contributed by atoms with Crippen molar-refractivity contribution in [3.8, 4) is 0 Å². The molecule has 4 nitrogen and oxygen atoms in total. The maximum atomic E-state index is 5.86. The van der Waals surface area contributed by atoms with Gasteiger partial charge in [0, 0.05) is 30.8 Å². The number of para-hydroxylation sites is 1. The SMILES string of the molecule is CN(Cc1ccccc1N)c1ncns1. The molecule has 0 unspecified atom stereocenters. The summed E-state index contributed by atoms with van der Waals surface area (Å²) in [6, 6.07) is 7.85. The fourth-order valence-corrected chi connectivity index (χ4v) is 1.82. The standard InChI is InChI=1S/C10H12N4S/c1-14(10-12-7-13-15-10)6-8-4-2-3-5-9(8)11/h2-5,7H,6,11H2,1H3. The summed E-state index contributed by atoms with van der Waals surface area (Å²) in [7, 11) is 1.98. The first-order valence-corrected chi connectivity index (χ1v) is 5.36. The Morgan fingerprint density at radius 2 is 2.20 bits per heavy atom. The van der Waals surface area contributed by atoms with Crippen molar-refractivity contribution in [1.82, 2.24) is 9.36 Å². The van der Waals surface area contributed by atoms with Crippen LogP contribution in [-0.4, -0.2) is 16.4 Å². The van der Waals surface area contributed by atoms with Gasteiger partial charge in [-0.3, -0.25) is 0 Å². The van der Waals surface area contributed by atoms with E-state index < -0.39 is 0 Å². The van der Waals surface area contributed by atoms with E-state index in [9.17, 15) is 0 Å². The lowest BCUT2D eigenvalue weighted by atomic mass is 10.2. The number of rotatable bonds is 3. The van der Waals surface area contributed by atoms with Crippen molar-refractivity contribution in [2.24, 2.45) is 0 Å². The average Bonchev–Trinajstić information content (AvgIpc) is 2.74. The molecule has 0 saturated carbocycles. The van der Waals surface area contributed by atoms with Crippen LogP contribution in [0.5, 0.6) is 0 Å². The number of nitrogen functional groups attached to an aromatic ring is 1. The molecule has 2 aromatic rings. The van der Waals surface area contributed by atoms with Gasteiger partial charge in [0.05, 0.1) is 0 Å². The summed E-state index contributed by atoms with van der Waals surface area (Å²) in [5.74, 6) is 0. The predicted molar refractivity (Wildman–Crippen MR) is 62.9 cm³/mol. The number of hydrogen-bond donors (Lipinski definition) is 1. The van der Waals surface area contributed by atoms with Crippen molar-refractivity contribution in [2.75, 3.05) is 17.7 Å².